The standard InChI is InChI=1S/C20H34N2Si4/c1-23(2,3)21-25(7,19-15-11-9-12-16-19)22(24(4,5)6)26(21,8)20-17-13-10-14-18-20/h9-18H,1-8H3. The highest BCUT2D eigenvalue weighted by atomic mass is 28.6. The second-order valence-corrected chi connectivity index (χ2v) is 29.1. The van der Waals surface area contributed by atoms with Crippen molar-refractivity contribution in [1.82, 2.24) is 7.79 Å². The van der Waals surface area contributed by atoms with E-state index in [9.17, 15) is 0 Å². The van der Waals surface area contributed by atoms with Crippen LogP contribution in [0.25, 0.3) is 0 Å². The maximum Gasteiger partial charge on any atom is 0.212 e. The third kappa shape index (κ3) is 2.87. The zero-order valence-corrected chi connectivity index (χ0v) is 21.7. The van der Waals surface area contributed by atoms with Crippen molar-refractivity contribution < 1.29 is 0 Å². The second kappa shape index (κ2) is 6.39. The number of hydrogen-bond acceptors (Lipinski definition) is 2. The van der Waals surface area contributed by atoms with Crippen molar-refractivity contribution >= 4 is 43.6 Å². The molecule has 0 aliphatic carbocycles. The van der Waals surface area contributed by atoms with Gasteiger partial charge in [0.15, 0.2) is 0 Å². The summed E-state index contributed by atoms with van der Waals surface area (Å²) in [4.78, 5) is 0. The molecule has 2 aromatic rings. The molecular formula is C20H34N2Si4. The van der Waals surface area contributed by atoms with Crippen LogP contribution in [0.2, 0.25) is 52.4 Å². The zero-order chi connectivity index (χ0) is 19.4. The molecule has 0 bridgehead atoms. The summed E-state index contributed by atoms with van der Waals surface area (Å²) in [5.74, 6) is 0. The highest BCUT2D eigenvalue weighted by Gasteiger charge is 2.72. The maximum atomic E-state index is 3.13. The van der Waals surface area contributed by atoms with E-state index in [-0.39, 0.29) is 0 Å². The molecule has 2 nitrogen and oxygen atoms in total. The molecule has 3 rings (SSSR count). The Morgan fingerprint density at radius 2 is 0.808 bits per heavy atom. The van der Waals surface area contributed by atoms with Crippen molar-refractivity contribution in [3.05, 3.63) is 60.7 Å². The lowest BCUT2D eigenvalue weighted by Gasteiger charge is -2.76. The normalized spacial score (nSPS) is 28.0. The molecule has 0 aromatic heterocycles. The van der Waals surface area contributed by atoms with E-state index in [4.69, 9.17) is 0 Å². The lowest BCUT2D eigenvalue weighted by molar-refractivity contribution is 0.635. The highest BCUT2D eigenvalue weighted by Crippen LogP contribution is 2.45. The highest BCUT2D eigenvalue weighted by molar-refractivity contribution is 7.27. The lowest BCUT2D eigenvalue weighted by atomic mass is 10.4. The molecule has 0 atom stereocenters. The number of nitrogens with zero attached hydrogens (tertiary/aromatic N) is 2. The molecule has 0 N–H and O–H groups in total. The minimum atomic E-state index is -1.87. The Hall–Kier alpha value is -0.772. The molecule has 1 saturated heterocycles. The summed E-state index contributed by atoms with van der Waals surface area (Å²) in [5.41, 5.74) is 0. The van der Waals surface area contributed by atoms with Crippen molar-refractivity contribution in [2.45, 2.75) is 52.4 Å². The lowest BCUT2D eigenvalue weighted by Crippen LogP contribution is -3.04. The van der Waals surface area contributed by atoms with Crippen LogP contribution in [0, 0.1) is 0 Å². The van der Waals surface area contributed by atoms with E-state index in [1.165, 1.54) is 0 Å². The quantitative estimate of drug-likeness (QED) is 0.691. The minimum Gasteiger partial charge on any atom is -0.338 e. The van der Waals surface area contributed by atoms with Gasteiger partial charge in [-0.1, -0.05) is 99.9 Å². The van der Waals surface area contributed by atoms with Gasteiger partial charge in [-0.3, -0.25) is 0 Å². The van der Waals surface area contributed by atoms with Gasteiger partial charge in [0.1, 0.15) is 16.5 Å². The molecule has 140 valence electrons. The zero-order valence-electron chi connectivity index (χ0n) is 17.7. The number of hydrogen-bond donors (Lipinski definition) is 0. The Morgan fingerprint density at radius 1 is 0.538 bits per heavy atom. The van der Waals surface area contributed by atoms with Crippen LogP contribution in [0.15, 0.2) is 60.7 Å². The van der Waals surface area contributed by atoms with Gasteiger partial charge < -0.3 is 7.79 Å². The third-order valence-electron chi connectivity index (χ3n) is 5.72. The first kappa shape index (κ1) is 20.0. The van der Waals surface area contributed by atoms with Crippen molar-refractivity contribution in [1.29, 1.82) is 0 Å². The Labute approximate surface area is 164 Å². The second-order valence-electron chi connectivity index (χ2n) is 9.79. The molecule has 0 spiro atoms. The fraction of sp³-hybridized carbons (Fsp3) is 0.400. The molecule has 0 radical (unpaired) electrons. The largest absolute Gasteiger partial charge is 0.338 e. The van der Waals surface area contributed by atoms with Crippen LogP contribution < -0.4 is 10.4 Å². The van der Waals surface area contributed by atoms with Gasteiger partial charge in [0, 0.05) is 0 Å². The fourth-order valence-electron chi connectivity index (χ4n) is 5.64. The van der Waals surface area contributed by atoms with E-state index in [2.05, 4.69) is 121 Å². The van der Waals surface area contributed by atoms with Crippen molar-refractivity contribution in [3.63, 3.8) is 0 Å². The minimum absolute atomic E-state index is 1.49. The Bertz CT molecular complexity index is 690. The van der Waals surface area contributed by atoms with E-state index >= 15 is 0 Å². The average molecular weight is 415 g/mol. The van der Waals surface area contributed by atoms with Crippen LogP contribution in [0.4, 0.5) is 0 Å². The van der Waals surface area contributed by atoms with Gasteiger partial charge in [-0.25, -0.2) is 0 Å². The van der Waals surface area contributed by atoms with Crippen molar-refractivity contribution in [2.24, 2.45) is 0 Å². The van der Waals surface area contributed by atoms with Crippen molar-refractivity contribution in [3.8, 4) is 0 Å². The predicted molar refractivity (Wildman–Crippen MR) is 126 cm³/mol. The summed E-state index contributed by atoms with van der Waals surface area (Å²) < 4.78 is 6.27. The van der Waals surface area contributed by atoms with Gasteiger partial charge in [0.05, 0.1) is 0 Å². The smallest absolute Gasteiger partial charge is 0.212 e. The van der Waals surface area contributed by atoms with Crippen molar-refractivity contribution in [2.75, 3.05) is 0 Å². The Morgan fingerprint density at radius 3 is 1.04 bits per heavy atom. The summed E-state index contributed by atoms with van der Waals surface area (Å²) in [6.07, 6.45) is 0. The van der Waals surface area contributed by atoms with Gasteiger partial charge in [0.25, 0.3) is 0 Å². The summed E-state index contributed by atoms with van der Waals surface area (Å²) in [6.45, 7) is 20.6. The van der Waals surface area contributed by atoms with Gasteiger partial charge >= 0.3 is 0 Å². The van der Waals surface area contributed by atoms with E-state index in [1.807, 2.05) is 0 Å². The molecule has 0 saturated carbocycles. The molecule has 26 heavy (non-hydrogen) atoms. The molecule has 1 aliphatic heterocycles. The van der Waals surface area contributed by atoms with E-state index < -0.39 is 33.3 Å². The first-order valence-electron chi connectivity index (χ1n) is 9.66. The summed E-state index contributed by atoms with van der Waals surface area (Å²) in [6, 6.07) is 22.8. The SMILES string of the molecule is C[Si](C)(C)N1[Si](C)(c2ccccc2)N([Si](C)(C)C)[Si]1(C)c1ccccc1. The van der Waals surface area contributed by atoms with Crippen LogP contribution in [0.3, 0.4) is 0 Å². The van der Waals surface area contributed by atoms with E-state index in [0.717, 1.165) is 0 Å². The van der Waals surface area contributed by atoms with Gasteiger partial charge in [-0.15, -0.1) is 0 Å². The third-order valence-corrected chi connectivity index (χ3v) is 33.2. The topological polar surface area (TPSA) is 6.48 Å². The molecule has 1 aliphatic rings. The van der Waals surface area contributed by atoms with Gasteiger partial charge in [-0.05, 0) is 23.5 Å². The average Bonchev–Trinajstić information content (AvgIpc) is 2.53. The maximum absolute atomic E-state index is 3.13. The van der Waals surface area contributed by atoms with Crippen LogP contribution in [-0.2, 0) is 0 Å². The number of rotatable bonds is 4. The summed E-state index contributed by atoms with van der Waals surface area (Å²) in [7, 11) is -6.72. The summed E-state index contributed by atoms with van der Waals surface area (Å²) in [5, 5.41) is 3.18. The Balaban J connectivity index is 2.28. The molecule has 0 amide bonds. The Kier molecular flexibility index (Phi) is 4.91. The van der Waals surface area contributed by atoms with E-state index in [1.54, 1.807) is 10.4 Å². The van der Waals surface area contributed by atoms with Gasteiger partial charge in [-0.2, -0.15) is 0 Å². The first-order valence-corrected chi connectivity index (χ1v) is 21.3. The van der Waals surface area contributed by atoms with Gasteiger partial charge in [0.2, 0.25) is 16.8 Å². The first-order chi connectivity index (χ1) is 11.9. The summed E-state index contributed by atoms with van der Waals surface area (Å²) >= 11 is 0. The molecule has 1 fully saturated rings. The van der Waals surface area contributed by atoms with Crippen LogP contribution >= 0.6 is 0 Å². The molecule has 6 heteroatoms. The predicted octanol–water partition coefficient (Wildman–Crippen LogP) is 4.23. The fourth-order valence-corrected chi connectivity index (χ4v) is 43.0. The van der Waals surface area contributed by atoms with Crippen LogP contribution in [0.1, 0.15) is 0 Å². The number of benzene rings is 2. The van der Waals surface area contributed by atoms with Crippen LogP contribution in [-0.4, -0.2) is 41.1 Å². The molecule has 2 aromatic carbocycles. The molecule has 0 unspecified atom stereocenters. The molecular weight excluding hydrogens is 381 g/mol. The monoisotopic (exact) mass is 414 g/mol. The van der Waals surface area contributed by atoms with Crippen LogP contribution in [0.5, 0.6) is 0 Å². The van der Waals surface area contributed by atoms with E-state index in [0.29, 0.717) is 0 Å². The molecule has 1 heterocycles.